The fraction of sp³-hybridized carbons (Fsp3) is 0.261. The van der Waals surface area contributed by atoms with Crippen LogP contribution in [0, 0.1) is 27.7 Å². The number of aromatic nitrogens is 3. The monoisotopic (exact) mass is 468 g/mol. The number of ketones is 1. The van der Waals surface area contributed by atoms with Gasteiger partial charge in [-0.1, -0.05) is 41.3 Å². The number of thiophene rings is 1. The molecule has 0 aliphatic rings. The molecule has 0 aliphatic carbocycles. The van der Waals surface area contributed by atoms with Gasteiger partial charge >= 0.3 is 0 Å². The predicted molar refractivity (Wildman–Crippen MR) is 131 cm³/mol. The standard InChI is InChI=1S/C23H24N4OS3/c1-14-7-5-9-20(16(14)3)24-22-25-26-23(31-22)30-13-21(28)19-11-15(2)27(17(19)4)12-18-8-6-10-29-18/h5-11H,12-13H2,1-4H3,(H,24,25). The van der Waals surface area contributed by atoms with Crippen molar-refractivity contribution in [2.75, 3.05) is 11.1 Å². The van der Waals surface area contributed by atoms with Crippen molar-refractivity contribution in [2.45, 2.75) is 38.6 Å². The first-order valence-electron chi connectivity index (χ1n) is 9.94. The molecule has 0 atom stereocenters. The van der Waals surface area contributed by atoms with E-state index in [-0.39, 0.29) is 5.78 Å². The first kappa shape index (κ1) is 21.8. The Kier molecular flexibility index (Phi) is 6.60. The Morgan fingerprint density at radius 2 is 1.97 bits per heavy atom. The van der Waals surface area contributed by atoms with Crippen LogP contribution >= 0.6 is 34.4 Å². The lowest BCUT2D eigenvalue weighted by Gasteiger charge is -2.08. The number of Topliss-reactive ketones (excluding diaryl/α,β-unsaturated/α-hetero) is 1. The van der Waals surface area contributed by atoms with Crippen LogP contribution in [-0.4, -0.2) is 26.3 Å². The first-order chi connectivity index (χ1) is 14.9. The highest BCUT2D eigenvalue weighted by Crippen LogP contribution is 2.30. The molecule has 31 heavy (non-hydrogen) atoms. The number of nitrogens with one attached hydrogen (secondary N) is 1. The maximum atomic E-state index is 12.9. The largest absolute Gasteiger partial charge is 0.343 e. The van der Waals surface area contributed by atoms with Crippen molar-refractivity contribution in [3.8, 4) is 0 Å². The van der Waals surface area contributed by atoms with Crippen molar-refractivity contribution < 1.29 is 4.79 Å². The van der Waals surface area contributed by atoms with Gasteiger partial charge in [-0.05, 0) is 62.4 Å². The fourth-order valence-electron chi connectivity index (χ4n) is 3.41. The molecule has 8 heteroatoms. The molecule has 0 aliphatic heterocycles. The maximum Gasteiger partial charge on any atom is 0.210 e. The number of carbonyl (C=O) groups excluding carboxylic acids is 1. The molecule has 3 aromatic heterocycles. The minimum absolute atomic E-state index is 0.120. The van der Waals surface area contributed by atoms with Gasteiger partial charge < -0.3 is 9.88 Å². The van der Waals surface area contributed by atoms with Crippen molar-refractivity contribution in [1.29, 1.82) is 0 Å². The van der Waals surface area contributed by atoms with Crippen LogP contribution < -0.4 is 5.32 Å². The topological polar surface area (TPSA) is 59.8 Å². The van der Waals surface area contributed by atoms with E-state index in [9.17, 15) is 4.79 Å². The number of rotatable bonds is 8. The van der Waals surface area contributed by atoms with Gasteiger partial charge in [-0.3, -0.25) is 4.79 Å². The number of anilines is 2. The third kappa shape index (κ3) is 4.92. The van der Waals surface area contributed by atoms with Crippen LogP contribution in [0.25, 0.3) is 0 Å². The third-order valence-electron chi connectivity index (χ3n) is 5.35. The lowest BCUT2D eigenvalue weighted by atomic mass is 10.1. The molecular weight excluding hydrogens is 444 g/mol. The van der Waals surface area contributed by atoms with Crippen LogP contribution in [0.5, 0.6) is 0 Å². The Labute approximate surface area is 194 Å². The smallest absolute Gasteiger partial charge is 0.210 e. The van der Waals surface area contributed by atoms with E-state index in [4.69, 9.17) is 0 Å². The van der Waals surface area contributed by atoms with E-state index < -0.39 is 0 Å². The molecule has 0 saturated carbocycles. The quantitative estimate of drug-likeness (QED) is 0.239. The Hall–Kier alpha value is -2.42. The molecule has 0 unspecified atom stereocenters. The van der Waals surface area contributed by atoms with Gasteiger partial charge in [0.2, 0.25) is 5.13 Å². The van der Waals surface area contributed by atoms with E-state index in [0.29, 0.717) is 5.75 Å². The minimum Gasteiger partial charge on any atom is -0.343 e. The van der Waals surface area contributed by atoms with E-state index >= 15 is 0 Å². The zero-order chi connectivity index (χ0) is 22.0. The Bertz CT molecular complexity index is 1210. The van der Waals surface area contributed by atoms with Crippen LogP contribution in [-0.2, 0) is 6.54 Å². The minimum atomic E-state index is 0.120. The summed E-state index contributed by atoms with van der Waals surface area (Å²) in [4.78, 5) is 14.2. The molecule has 0 bridgehead atoms. The van der Waals surface area contributed by atoms with Crippen LogP contribution in [0.3, 0.4) is 0 Å². The van der Waals surface area contributed by atoms with Crippen LogP contribution in [0.2, 0.25) is 0 Å². The second-order valence-electron chi connectivity index (χ2n) is 7.41. The molecule has 5 nitrogen and oxygen atoms in total. The van der Waals surface area contributed by atoms with Crippen molar-refractivity contribution in [3.63, 3.8) is 0 Å². The van der Waals surface area contributed by atoms with E-state index in [1.54, 1.807) is 11.3 Å². The van der Waals surface area contributed by atoms with Gasteiger partial charge in [-0.2, -0.15) is 0 Å². The van der Waals surface area contributed by atoms with Crippen molar-refractivity contribution in [3.05, 3.63) is 74.7 Å². The molecule has 3 heterocycles. The molecule has 0 saturated heterocycles. The number of hydrogen-bond acceptors (Lipinski definition) is 7. The summed E-state index contributed by atoms with van der Waals surface area (Å²) < 4.78 is 2.99. The van der Waals surface area contributed by atoms with Gasteiger partial charge in [0.1, 0.15) is 0 Å². The van der Waals surface area contributed by atoms with Crippen molar-refractivity contribution in [2.24, 2.45) is 0 Å². The number of aryl methyl sites for hydroxylation is 2. The normalized spacial score (nSPS) is 11.1. The molecule has 0 radical (unpaired) electrons. The molecule has 4 rings (SSSR count). The molecule has 1 aromatic carbocycles. The number of thioether (sulfide) groups is 1. The van der Waals surface area contributed by atoms with E-state index in [2.05, 4.69) is 64.4 Å². The highest BCUT2D eigenvalue weighted by atomic mass is 32.2. The van der Waals surface area contributed by atoms with Crippen molar-refractivity contribution >= 4 is 51.0 Å². The number of carbonyl (C=O) groups is 1. The molecule has 0 spiro atoms. The van der Waals surface area contributed by atoms with Crippen LogP contribution in [0.1, 0.15) is 37.7 Å². The lowest BCUT2D eigenvalue weighted by molar-refractivity contribution is 0.102. The molecular formula is C23H24N4OS3. The fourth-order valence-corrected chi connectivity index (χ4v) is 5.75. The molecule has 4 aromatic rings. The van der Waals surface area contributed by atoms with Gasteiger partial charge in [0.15, 0.2) is 10.1 Å². The number of nitrogens with zero attached hydrogens (tertiary/aromatic N) is 3. The third-order valence-corrected chi connectivity index (χ3v) is 8.18. The molecule has 0 amide bonds. The van der Waals surface area contributed by atoms with Gasteiger partial charge in [-0.25, -0.2) is 0 Å². The molecule has 0 fully saturated rings. The lowest BCUT2D eigenvalue weighted by Crippen LogP contribution is -2.07. The Balaban J connectivity index is 1.40. The zero-order valence-corrected chi connectivity index (χ0v) is 20.4. The Morgan fingerprint density at radius 1 is 1.13 bits per heavy atom. The summed E-state index contributed by atoms with van der Waals surface area (Å²) in [6, 6.07) is 12.3. The Morgan fingerprint density at radius 3 is 2.74 bits per heavy atom. The van der Waals surface area contributed by atoms with Crippen LogP contribution in [0.15, 0.2) is 46.1 Å². The second kappa shape index (κ2) is 9.38. The SMILES string of the molecule is Cc1cccc(Nc2nnc(SCC(=O)c3cc(C)n(Cc4cccs4)c3C)s2)c1C. The van der Waals surface area contributed by atoms with Gasteiger partial charge in [0.25, 0.3) is 0 Å². The molecule has 160 valence electrons. The van der Waals surface area contributed by atoms with E-state index in [0.717, 1.165) is 38.7 Å². The van der Waals surface area contributed by atoms with E-state index in [1.807, 2.05) is 25.1 Å². The van der Waals surface area contributed by atoms with Crippen LogP contribution in [0.4, 0.5) is 10.8 Å². The average Bonchev–Trinajstić information content (AvgIpc) is 3.48. The van der Waals surface area contributed by atoms with Gasteiger partial charge in [0, 0.05) is 27.5 Å². The van der Waals surface area contributed by atoms with Crippen molar-refractivity contribution in [1.82, 2.24) is 14.8 Å². The molecule has 1 N–H and O–H groups in total. The van der Waals surface area contributed by atoms with E-state index in [1.165, 1.54) is 39.1 Å². The predicted octanol–water partition coefficient (Wildman–Crippen LogP) is 6.40. The summed E-state index contributed by atoms with van der Waals surface area (Å²) in [5.74, 6) is 0.469. The highest BCUT2D eigenvalue weighted by molar-refractivity contribution is 8.01. The average molecular weight is 469 g/mol. The number of hydrogen-bond donors (Lipinski definition) is 1. The zero-order valence-electron chi connectivity index (χ0n) is 17.9. The summed E-state index contributed by atoms with van der Waals surface area (Å²) in [7, 11) is 0. The highest BCUT2D eigenvalue weighted by Gasteiger charge is 2.17. The summed E-state index contributed by atoms with van der Waals surface area (Å²) in [6.07, 6.45) is 0. The summed E-state index contributed by atoms with van der Waals surface area (Å²) in [5, 5.41) is 14.6. The summed E-state index contributed by atoms with van der Waals surface area (Å²) in [5.41, 5.74) is 6.37. The maximum absolute atomic E-state index is 12.9. The summed E-state index contributed by atoms with van der Waals surface area (Å²) >= 11 is 4.64. The summed E-state index contributed by atoms with van der Waals surface area (Å²) in [6.45, 7) is 9.06. The number of benzene rings is 1. The second-order valence-corrected chi connectivity index (χ2v) is 10.6. The first-order valence-corrected chi connectivity index (χ1v) is 12.6. The van der Waals surface area contributed by atoms with Gasteiger partial charge in [0.05, 0.1) is 12.3 Å². The van der Waals surface area contributed by atoms with Gasteiger partial charge in [-0.15, -0.1) is 21.5 Å².